The summed E-state index contributed by atoms with van der Waals surface area (Å²) in [5.41, 5.74) is 6.24. The van der Waals surface area contributed by atoms with Gasteiger partial charge in [0, 0.05) is 12.4 Å². The Hall–Kier alpha value is -1.31. The van der Waals surface area contributed by atoms with Crippen molar-refractivity contribution in [1.29, 1.82) is 0 Å². The Kier molecular flexibility index (Phi) is 1.85. The van der Waals surface area contributed by atoms with Gasteiger partial charge in [0.1, 0.15) is 0 Å². The number of rotatable bonds is 1. The van der Waals surface area contributed by atoms with E-state index in [1.165, 1.54) is 6.20 Å². The summed E-state index contributed by atoms with van der Waals surface area (Å²) in [7, 11) is 0. The maximum atomic E-state index is 5.16. The Bertz CT molecular complexity index is 191. The van der Waals surface area contributed by atoms with Crippen molar-refractivity contribution >= 4 is 6.08 Å². The molecule has 0 unspecified atom stereocenters. The molecule has 0 saturated carbocycles. The quantitative estimate of drug-likeness (QED) is 0.600. The van der Waals surface area contributed by atoms with Gasteiger partial charge in [0.05, 0.1) is 0 Å². The van der Waals surface area contributed by atoms with Gasteiger partial charge >= 0.3 is 0 Å². The molecule has 9 heavy (non-hydrogen) atoms. The summed E-state index contributed by atoms with van der Waals surface area (Å²) in [5.74, 6) is 0. The van der Waals surface area contributed by atoms with Crippen molar-refractivity contribution in [2.24, 2.45) is 5.73 Å². The summed E-state index contributed by atoms with van der Waals surface area (Å²) in [5, 5.41) is 0. The van der Waals surface area contributed by atoms with E-state index in [-0.39, 0.29) is 0 Å². The van der Waals surface area contributed by atoms with Gasteiger partial charge in [-0.05, 0) is 30.0 Å². The molecular formula is C7H8N2. The normalized spacial score (nSPS) is 10.2. The molecule has 0 fully saturated rings. The molecule has 2 N–H and O–H groups in total. The van der Waals surface area contributed by atoms with Crippen LogP contribution in [-0.2, 0) is 0 Å². The monoisotopic (exact) mass is 120 g/mol. The SMILES string of the molecule is N/C=C/c1ccncc1. The second kappa shape index (κ2) is 2.87. The molecule has 1 rings (SSSR count). The summed E-state index contributed by atoms with van der Waals surface area (Å²) >= 11 is 0. The number of hydrogen-bond donors (Lipinski definition) is 1. The van der Waals surface area contributed by atoms with Gasteiger partial charge in [-0.3, -0.25) is 4.98 Å². The van der Waals surface area contributed by atoms with Gasteiger partial charge in [0.15, 0.2) is 0 Å². The van der Waals surface area contributed by atoms with Gasteiger partial charge in [0.2, 0.25) is 0 Å². The van der Waals surface area contributed by atoms with E-state index in [2.05, 4.69) is 4.98 Å². The first kappa shape index (κ1) is 5.82. The van der Waals surface area contributed by atoms with Crippen molar-refractivity contribution in [1.82, 2.24) is 4.98 Å². The lowest BCUT2D eigenvalue weighted by molar-refractivity contribution is 1.32. The fourth-order valence-corrected chi connectivity index (χ4v) is 0.586. The molecule has 2 heteroatoms. The minimum atomic E-state index is 1.08. The Labute approximate surface area is 54.0 Å². The molecule has 0 aromatic carbocycles. The molecule has 0 aliphatic carbocycles. The van der Waals surface area contributed by atoms with Crippen LogP contribution in [0.1, 0.15) is 5.56 Å². The van der Waals surface area contributed by atoms with Crippen LogP contribution in [0, 0.1) is 0 Å². The number of hydrogen-bond acceptors (Lipinski definition) is 2. The van der Waals surface area contributed by atoms with Crippen molar-refractivity contribution in [3.8, 4) is 0 Å². The molecule has 0 atom stereocenters. The van der Waals surface area contributed by atoms with E-state index < -0.39 is 0 Å². The van der Waals surface area contributed by atoms with Gasteiger partial charge in [0.25, 0.3) is 0 Å². The minimum Gasteiger partial charge on any atom is -0.405 e. The molecule has 0 bridgehead atoms. The molecule has 1 aromatic rings. The van der Waals surface area contributed by atoms with Crippen molar-refractivity contribution in [2.75, 3.05) is 0 Å². The average molecular weight is 120 g/mol. The molecular weight excluding hydrogens is 112 g/mol. The maximum Gasteiger partial charge on any atom is 0.0273 e. The fourth-order valence-electron chi connectivity index (χ4n) is 0.586. The number of nitrogens with zero attached hydrogens (tertiary/aromatic N) is 1. The van der Waals surface area contributed by atoms with Gasteiger partial charge in [-0.2, -0.15) is 0 Å². The van der Waals surface area contributed by atoms with E-state index in [9.17, 15) is 0 Å². The Morgan fingerprint density at radius 3 is 2.56 bits per heavy atom. The highest BCUT2D eigenvalue weighted by atomic mass is 14.6. The van der Waals surface area contributed by atoms with Crippen LogP contribution in [0.3, 0.4) is 0 Å². The first-order valence-corrected chi connectivity index (χ1v) is 2.72. The number of aromatic nitrogens is 1. The number of nitrogens with two attached hydrogens (primary N) is 1. The Balaban J connectivity index is 2.85. The van der Waals surface area contributed by atoms with E-state index in [1.54, 1.807) is 12.4 Å². The van der Waals surface area contributed by atoms with E-state index in [0.717, 1.165) is 5.56 Å². The van der Waals surface area contributed by atoms with Gasteiger partial charge in [-0.25, -0.2) is 0 Å². The summed E-state index contributed by atoms with van der Waals surface area (Å²) in [6.07, 6.45) is 6.79. The van der Waals surface area contributed by atoms with Crippen LogP contribution in [0.15, 0.2) is 30.7 Å². The van der Waals surface area contributed by atoms with E-state index in [0.29, 0.717) is 0 Å². The van der Waals surface area contributed by atoms with Crippen molar-refractivity contribution in [3.05, 3.63) is 36.3 Å². The van der Waals surface area contributed by atoms with Crippen molar-refractivity contribution in [3.63, 3.8) is 0 Å². The average Bonchev–Trinajstić information content (AvgIpc) is 1.91. The minimum absolute atomic E-state index is 1.08. The highest BCUT2D eigenvalue weighted by Crippen LogP contribution is 1.96. The van der Waals surface area contributed by atoms with Crippen LogP contribution in [0.4, 0.5) is 0 Å². The van der Waals surface area contributed by atoms with Crippen molar-refractivity contribution < 1.29 is 0 Å². The van der Waals surface area contributed by atoms with Gasteiger partial charge in [-0.1, -0.05) is 0 Å². The standard InChI is InChI=1S/C7H8N2/c8-4-1-7-2-5-9-6-3-7/h1-6H,8H2/b4-1+. The molecule has 1 heterocycles. The predicted molar refractivity (Wildman–Crippen MR) is 37.5 cm³/mol. The zero-order valence-corrected chi connectivity index (χ0v) is 4.99. The topological polar surface area (TPSA) is 38.9 Å². The van der Waals surface area contributed by atoms with Crippen LogP contribution in [-0.4, -0.2) is 4.98 Å². The molecule has 46 valence electrons. The lowest BCUT2D eigenvalue weighted by Gasteiger charge is -1.86. The van der Waals surface area contributed by atoms with Crippen LogP contribution < -0.4 is 5.73 Å². The highest BCUT2D eigenvalue weighted by Gasteiger charge is 1.78. The Morgan fingerprint density at radius 1 is 1.33 bits per heavy atom. The summed E-state index contributed by atoms with van der Waals surface area (Å²) < 4.78 is 0. The molecule has 2 nitrogen and oxygen atoms in total. The van der Waals surface area contributed by atoms with Gasteiger partial charge < -0.3 is 5.73 Å². The van der Waals surface area contributed by atoms with Gasteiger partial charge in [-0.15, -0.1) is 0 Å². The van der Waals surface area contributed by atoms with E-state index >= 15 is 0 Å². The Morgan fingerprint density at radius 2 is 2.00 bits per heavy atom. The molecule has 0 saturated heterocycles. The summed E-state index contributed by atoms with van der Waals surface area (Å²) in [6.45, 7) is 0. The molecule has 0 aliphatic heterocycles. The zero-order valence-electron chi connectivity index (χ0n) is 4.99. The first-order chi connectivity index (χ1) is 4.43. The summed E-state index contributed by atoms with van der Waals surface area (Å²) in [6, 6.07) is 3.78. The highest BCUT2D eigenvalue weighted by molar-refractivity contribution is 5.46. The third-order valence-corrected chi connectivity index (χ3v) is 0.995. The van der Waals surface area contributed by atoms with Crippen LogP contribution in [0.5, 0.6) is 0 Å². The molecule has 1 aromatic heterocycles. The molecule has 0 spiro atoms. The third-order valence-electron chi connectivity index (χ3n) is 0.995. The number of pyridine rings is 1. The van der Waals surface area contributed by atoms with E-state index in [4.69, 9.17) is 5.73 Å². The summed E-state index contributed by atoms with van der Waals surface area (Å²) in [4.78, 5) is 3.85. The lowest BCUT2D eigenvalue weighted by atomic mass is 10.3. The van der Waals surface area contributed by atoms with Crippen molar-refractivity contribution in [2.45, 2.75) is 0 Å². The second-order valence-corrected chi connectivity index (χ2v) is 1.64. The molecule has 0 radical (unpaired) electrons. The predicted octanol–water partition coefficient (Wildman–Crippen LogP) is 1.01. The smallest absolute Gasteiger partial charge is 0.0273 e. The van der Waals surface area contributed by atoms with Crippen LogP contribution >= 0.6 is 0 Å². The largest absolute Gasteiger partial charge is 0.405 e. The first-order valence-electron chi connectivity index (χ1n) is 2.72. The van der Waals surface area contributed by atoms with E-state index in [1.807, 2.05) is 18.2 Å². The van der Waals surface area contributed by atoms with Crippen LogP contribution in [0.2, 0.25) is 0 Å². The zero-order chi connectivity index (χ0) is 6.53. The molecule has 0 aliphatic rings. The third kappa shape index (κ3) is 1.57. The fraction of sp³-hybridized carbons (Fsp3) is 0. The second-order valence-electron chi connectivity index (χ2n) is 1.64. The lowest BCUT2D eigenvalue weighted by Crippen LogP contribution is -1.77. The molecule has 0 amide bonds. The maximum absolute atomic E-state index is 5.16. The van der Waals surface area contributed by atoms with Crippen LogP contribution in [0.25, 0.3) is 6.08 Å².